The smallest absolute Gasteiger partial charge is 0.193 e. The average Bonchev–Trinajstić information content (AvgIpc) is 3.21. The summed E-state index contributed by atoms with van der Waals surface area (Å²) < 4.78 is 5.48. The Labute approximate surface area is 163 Å². The van der Waals surface area contributed by atoms with E-state index in [1.807, 2.05) is 13.2 Å². The highest BCUT2D eigenvalue weighted by Gasteiger charge is 2.30. The summed E-state index contributed by atoms with van der Waals surface area (Å²) in [6.45, 7) is 12.9. The second kappa shape index (κ2) is 9.90. The number of hydrogen-bond donors (Lipinski definition) is 1. The molecule has 3 rings (SSSR count). The topological polar surface area (TPSA) is 56.2 Å². The Morgan fingerprint density at radius 3 is 2.67 bits per heavy atom. The second-order valence-electron chi connectivity index (χ2n) is 7.13. The van der Waals surface area contributed by atoms with E-state index < -0.39 is 0 Å². The fourth-order valence-electron chi connectivity index (χ4n) is 3.94. The van der Waals surface area contributed by atoms with Gasteiger partial charge < -0.3 is 19.9 Å². The highest BCUT2D eigenvalue weighted by Crippen LogP contribution is 2.17. The lowest BCUT2D eigenvalue weighted by atomic mass is 10.2. The third-order valence-electron chi connectivity index (χ3n) is 5.58. The van der Waals surface area contributed by atoms with Crippen LogP contribution in [-0.2, 0) is 11.3 Å². The first-order valence-electron chi connectivity index (χ1n) is 10.2. The van der Waals surface area contributed by atoms with E-state index in [9.17, 15) is 0 Å². The molecule has 0 amide bonds. The molecule has 2 aliphatic heterocycles. The van der Waals surface area contributed by atoms with Crippen molar-refractivity contribution < 1.29 is 4.74 Å². The number of morpholine rings is 1. The average molecular weight is 375 g/mol. The molecule has 2 fully saturated rings. The Hall–Kier alpha value is -1.86. The molecule has 0 radical (unpaired) electrons. The third kappa shape index (κ3) is 5.11. The molecule has 150 valence electrons. The molecule has 0 bridgehead atoms. The first kappa shape index (κ1) is 19.9. The van der Waals surface area contributed by atoms with E-state index in [2.05, 4.69) is 56.0 Å². The first-order valence-corrected chi connectivity index (χ1v) is 10.2. The van der Waals surface area contributed by atoms with Gasteiger partial charge in [-0.25, -0.2) is 4.98 Å². The van der Waals surface area contributed by atoms with Crippen LogP contribution >= 0.6 is 0 Å². The van der Waals surface area contributed by atoms with Crippen LogP contribution in [0.5, 0.6) is 0 Å². The van der Waals surface area contributed by atoms with Crippen LogP contribution in [0.1, 0.15) is 25.8 Å². The summed E-state index contributed by atoms with van der Waals surface area (Å²) in [7, 11) is 1.87. The number of guanidine groups is 1. The minimum atomic E-state index is 0.613. The van der Waals surface area contributed by atoms with Crippen LogP contribution in [0.4, 0.5) is 5.82 Å². The van der Waals surface area contributed by atoms with Crippen molar-refractivity contribution in [1.29, 1.82) is 0 Å². The van der Waals surface area contributed by atoms with Gasteiger partial charge in [-0.05, 0) is 31.9 Å². The molecule has 1 aromatic rings. The zero-order chi connectivity index (χ0) is 19.1. The van der Waals surface area contributed by atoms with Crippen molar-refractivity contribution in [3.8, 4) is 0 Å². The maximum atomic E-state index is 5.48. The van der Waals surface area contributed by atoms with E-state index in [-0.39, 0.29) is 0 Å². The summed E-state index contributed by atoms with van der Waals surface area (Å²) in [5, 5.41) is 3.51. The molecule has 2 saturated heterocycles. The second-order valence-corrected chi connectivity index (χ2v) is 7.13. The summed E-state index contributed by atoms with van der Waals surface area (Å²) >= 11 is 0. The van der Waals surface area contributed by atoms with E-state index >= 15 is 0 Å². The van der Waals surface area contributed by atoms with E-state index in [0.29, 0.717) is 6.04 Å². The number of rotatable bonds is 6. The molecular formula is C20H34N6O. The highest BCUT2D eigenvalue weighted by atomic mass is 16.5. The molecule has 2 aliphatic rings. The Balaban J connectivity index is 1.50. The fraction of sp³-hybridized carbons (Fsp3) is 0.700. The van der Waals surface area contributed by atoms with E-state index in [1.54, 1.807) is 0 Å². The van der Waals surface area contributed by atoms with Crippen LogP contribution in [0.15, 0.2) is 23.3 Å². The van der Waals surface area contributed by atoms with Crippen molar-refractivity contribution in [2.75, 3.05) is 64.4 Å². The van der Waals surface area contributed by atoms with Gasteiger partial charge in [0.2, 0.25) is 0 Å². The normalized spacial score (nSPS) is 21.5. The number of ether oxygens (including phenoxy) is 1. The fourth-order valence-corrected chi connectivity index (χ4v) is 3.94. The van der Waals surface area contributed by atoms with Gasteiger partial charge in [0.25, 0.3) is 0 Å². The van der Waals surface area contributed by atoms with Crippen LogP contribution in [0, 0.1) is 0 Å². The molecule has 0 aliphatic carbocycles. The summed E-state index contributed by atoms with van der Waals surface area (Å²) in [4.78, 5) is 16.3. The zero-order valence-corrected chi connectivity index (χ0v) is 17.0. The molecule has 3 heterocycles. The number of likely N-dealkylation sites (tertiary alicyclic amines) is 1. The molecule has 27 heavy (non-hydrogen) atoms. The molecule has 0 saturated carbocycles. The molecule has 7 heteroatoms. The van der Waals surface area contributed by atoms with Crippen molar-refractivity contribution in [3.05, 3.63) is 23.9 Å². The van der Waals surface area contributed by atoms with Crippen LogP contribution in [0.25, 0.3) is 0 Å². The van der Waals surface area contributed by atoms with Crippen molar-refractivity contribution in [3.63, 3.8) is 0 Å². The Morgan fingerprint density at radius 2 is 2.04 bits per heavy atom. The van der Waals surface area contributed by atoms with Gasteiger partial charge in [0.05, 0.1) is 13.2 Å². The highest BCUT2D eigenvalue weighted by molar-refractivity contribution is 5.80. The van der Waals surface area contributed by atoms with Crippen molar-refractivity contribution in [2.45, 2.75) is 32.9 Å². The van der Waals surface area contributed by atoms with Crippen molar-refractivity contribution in [2.24, 2.45) is 4.99 Å². The number of aliphatic imine (C=N–C) groups is 1. The summed E-state index contributed by atoms with van der Waals surface area (Å²) in [6.07, 6.45) is 3.16. The van der Waals surface area contributed by atoms with Crippen LogP contribution in [-0.4, -0.2) is 86.3 Å². The summed E-state index contributed by atoms with van der Waals surface area (Å²) in [5.74, 6) is 2.03. The molecule has 7 nitrogen and oxygen atoms in total. The van der Waals surface area contributed by atoms with E-state index in [1.165, 1.54) is 12.0 Å². The number of aromatic nitrogens is 1. The van der Waals surface area contributed by atoms with Crippen LogP contribution < -0.4 is 10.2 Å². The van der Waals surface area contributed by atoms with Gasteiger partial charge >= 0.3 is 0 Å². The quantitative estimate of drug-likeness (QED) is 0.600. The number of hydrogen-bond acceptors (Lipinski definition) is 5. The summed E-state index contributed by atoms with van der Waals surface area (Å²) in [6, 6.07) is 4.88. The Morgan fingerprint density at radius 1 is 1.26 bits per heavy atom. The Kier molecular flexibility index (Phi) is 7.29. The SMILES string of the molecule is CCN(CC)c1ccc(CNC(=NC)N2CCC(N3CCOCC3)C2)cn1. The molecule has 1 unspecified atom stereocenters. The maximum Gasteiger partial charge on any atom is 0.193 e. The van der Waals surface area contributed by atoms with E-state index in [4.69, 9.17) is 4.74 Å². The Bertz CT molecular complexity index is 595. The predicted molar refractivity (Wildman–Crippen MR) is 110 cm³/mol. The lowest BCUT2D eigenvalue weighted by Crippen LogP contribution is -2.46. The lowest BCUT2D eigenvalue weighted by Gasteiger charge is -2.32. The third-order valence-corrected chi connectivity index (χ3v) is 5.58. The van der Waals surface area contributed by atoms with Gasteiger partial charge in [-0.2, -0.15) is 0 Å². The first-order chi connectivity index (χ1) is 13.2. The maximum absolute atomic E-state index is 5.48. The zero-order valence-electron chi connectivity index (χ0n) is 17.0. The van der Waals surface area contributed by atoms with Crippen LogP contribution in [0.3, 0.4) is 0 Å². The van der Waals surface area contributed by atoms with Gasteiger partial charge in [0.1, 0.15) is 5.82 Å². The lowest BCUT2D eigenvalue weighted by molar-refractivity contribution is 0.0195. The van der Waals surface area contributed by atoms with Gasteiger partial charge in [0.15, 0.2) is 5.96 Å². The molecule has 0 spiro atoms. The van der Waals surface area contributed by atoms with Gasteiger partial charge in [-0.1, -0.05) is 6.07 Å². The standard InChI is InChI=1S/C20H34N6O/c1-4-24(5-2)19-7-6-17(14-22-19)15-23-20(21-3)26-9-8-18(16-26)25-10-12-27-13-11-25/h6-7,14,18H,4-5,8-13,15-16H2,1-3H3,(H,21,23). The van der Waals surface area contributed by atoms with Crippen molar-refractivity contribution in [1.82, 2.24) is 20.1 Å². The van der Waals surface area contributed by atoms with Crippen LogP contribution in [0.2, 0.25) is 0 Å². The molecular weight excluding hydrogens is 340 g/mol. The van der Waals surface area contributed by atoms with Gasteiger partial charge in [-0.15, -0.1) is 0 Å². The summed E-state index contributed by atoms with van der Waals surface area (Å²) in [5.41, 5.74) is 1.18. The molecule has 1 atom stereocenters. The number of nitrogens with one attached hydrogen (secondary N) is 1. The largest absolute Gasteiger partial charge is 0.379 e. The predicted octanol–water partition coefficient (Wildman–Crippen LogP) is 1.41. The number of nitrogens with zero attached hydrogens (tertiary/aromatic N) is 5. The monoisotopic (exact) mass is 374 g/mol. The minimum absolute atomic E-state index is 0.613. The van der Waals surface area contributed by atoms with Gasteiger partial charge in [0, 0.05) is 65.1 Å². The van der Waals surface area contributed by atoms with E-state index in [0.717, 1.165) is 70.8 Å². The molecule has 1 N–H and O–H groups in total. The number of pyridine rings is 1. The molecule has 0 aromatic carbocycles. The number of anilines is 1. The van der Waals surface area contributed by atoms with Crippen molar-refractivity contribution >= 4 is 11.8 Å². The minimum Gasteiger partial charge on any atom is -0.379 e. The molecule has 1 aromatic heterocycles. The van der Waals surface area contributed by atoms with Gasteiger partial charge in [-0.3, -0.25) is 9.89 Å².